The van der Waals surface area contributed by atoms with Crippen molar-refractivity contribution in [2.75, 3.05) is 13.1 Å². The topological polar surface area (TPSA) is 93.2 Å². The second-order valence-electron chi connectivity index (χ2n) is 6.18. The molecule has 2 heterocycles. The van der Waals surface area contributed by atoms with Gasteiger partial charge < -0.3 is 16.0 Å². The fourth-order valence-electron chi connectivity index (χ4n) is 2.71. The molecule has 7 nitrogen and oxygen atoms in total. The number of nitrogens with zero attached hydrogens (tertiary/aromatic N) is 3. The number of aromatic nitrogens is 2. The Balaban J connectivity index is 1.93. The summed E-state index contributed by atoms with van der Waals surface area (Å²) in [4.78, 5) is 26.0. The van der Waals surface area contributed by atoms with Crippen molar-refractivity contribution in [3.8, 4) is 0 Å². The zero-order valence-electron chi connectivity index (χ0n) is 13.5. The van der Waals surface area contributed by atoms with Crippen LogP contribution in [0.1, 0.15) is 38.3 Å². The molecule has 3 N–H and O–H groups in total. The van der Waals surface area contributed by atoms with Gasteiger partial charge in [0.15, 0.2) is 0 Å². The Morgan fingerprint density at radius 1 is 1.50 bits per heavy atom. The van der Waals surface area contributed by atoms with Crippen LogP contribution in [0.25, 0.3) is 0 Å². The normalized spacial score (nSPS) is 19.5. The van der Waals surface area contributed by atoms with E-state index in [1.807, 2.05) is 32.0 Å². The summed E-state index contributed by atoms with van der Waals surface area (Å²) in [6, 6.07) is -0.530. The molecule has 0 radical (unpaired) electrons. The first kappa shape index (κ1) is 16.5. The lowest BCUT2D eigenvalue weighted by Crippen LogP contribution is -2.47. The Bertz CT molecular complexity index is 540. The molecule has 0 spiro atoms. The average Bonchev–Trinajstić information content (AvgIpc) is 3.11. The van der Waals surface area contributed by atoms with Gasteiger partial charge in [0, 0.05) is 25.4 Å². The van der Waals surface area contributed by atoms with Crippen molar-refractivity contribution < 1.29 is 9.59 Å². The van der Waals surface area contributed by atoms with Gasteiger partial charge in [-0.1, -0.05) is 13.8 Å². The molecular formula is C15H25N5O2. The third-order valence-electron chi connectivity index (χ3n) is 4.12. The molecule has 2 amide bonds. The van der Waals surface area contributed by atoms with Crippen LogP contribution in [0.5, 0.6) is 0 Å². The molecule has 0 aliphatic carbocycles. The first-order chi connectivity index (χ1) is 10.4. The van der Waals surface area contributed by atoms with E-state index in [0.717, 1.165) is 18.4 Å². The molecule has 0 bridgehead atoms. The van der Waals surface area contributed by atoms with Gasteiger partial charge in [-0.15, -0.1) is 0 Å². The van der Waals surface area contributed by atoms with Crippen LogP contribution in [-0.4, -0.2) is 45.6 Å². The van der Waals surface area contributed by atoms with Gasteiger partial charge in [0.25, 0.3) is 0 Å². The van der Waals surface area contributed by atoms with Crippen molar-refractivity contribution in [3.05, 3.63) is 18.0 Å². The van der Waals surface area contributed by atoms with E-state index in [0.29, 0.717) is 6.54 Å². The molecule has 1 aliphatic rings. The second-order valence-corrected chi connectivity index (χ2v) is 6.18. The highest BCUT2D eigenvalue weighted by molar-refractivity contribution is 5.87. The van der Waals surface area contributed by atoms with Crippen LogP contribution < -0.4 is 11.1 Å². The maximum Gasteiger partial charge on any atom is 0.242 e. The summed E-state index contributed by atoms with van der Waals surface area (Å²) >= 11 is 0. The van der Waals surface area contributed by atoms with Gasteiger partial charge in [-0.3, -0.25) is 14.3 Å². The second kappa shape index (κ2) is 6.91. The lowest BCUT2D eigenvalue weighted by molar-refractivity contribution is -0.134. The fourth-order valence-corrected chi connectivity index (χ4v) is 2.71. The van der Waals surface area contributed by atoms with Crippen molar-refractivity contribution >= 4 is 11.8 Å². The molecule has 1 aromatic heterocycles. The Hall–Kier alpha value is -1.89. The molecular weight excluding hydrogens is 282 g/mol. The number of carbonyl (C=O) groups is 2. The number of hydrogen-bond acceptors (Lipinski definition) is 4. The van der Waals surface area contributed by atoms with Crippen molar-refractivity contribution in [2.45, 2.75) is 38.8 Å². The van der Waals surface area contributed by atoms with Crippen LogP contribution in [0.4, 0.5) is 0 Å². The molecule has 7 heteroatoms. The third-order valence-corrected chi connectivity index (χ3v) is 4.12. The van der Waals surface area contributed by atoms with Crippen molar-refractivity contribution in [3.63, 3.8) is 0 Å². The van der Waals surface area contributed by atoms with Gasteiger partial charge in [-0.25, -0.2) is 0 Å². The lowest BCUT2D eigenvalue weighted by Gasteiger charge is -2.24. The van der Waals surface area contributed by atoms with Gasteiger partial charge in [-0.05, 0) is 18.8 Å². The van der Waals surface area contributed by atoms with Gasteiger partial charge in [0.05, 0.1) is 24.8 Å². The van der Waals surface area contributed by atoms with Crippen molar-refractivity contribution in [1.29, 1.82) is 0 Å². The molecule has 1 fully saturated rings. The fraction of sp³-hybridized carbons (Fsp3) is 0.667. The highest BCUT2D eigenvalue weighted by Gasteiger charge is 2.31. The Morgan fingerprint density at radius 2 is 2.23 bits per heavy atom. The number of likely N-dealkylation sites (tertiary alicyclic amines) is 1. The first-order valence-electron chi connectivity index (χ1n) is 7.71. The minimum Gasteiger partial charge on any atom is -0.346 e. The Morgan fingerprint density at radius 3 is 2.82 bits per heavy atom. The van der Waals surface area contributed by atoms with E-state index in [9.17, 15) is 9.59 Å². The SMILES string of the molecule is CC(C)[C@H](N)C(=O)NCC(=O)N1CCCC1c1cnn(C)c1. The number of aryl methyl sites for hydroxylation is 1. The van der Waals surface area contributed by atoms with Gasteiger partial charge in [0.1, 0.15) is 0 Å². The Labute approximate surface area is 130 Å². The van der Waals surface area contributed by atoms with E-state index in [4.69, 9.17) is 5.73 Å². The van der Waals surface area contributed by atoms with Crippen molar-refractivity contribution in [1.82, 2.24) is 20.0 Å². The quantitative estimate of drug-likeness (QED) is 0.811. The van der Waals surface area contributed by atoms with Crippen LogP contribution in [0.15, 0.2) is 12.4 Å². The van der Waals surface area contributed by atoms with E-state index in [1.54, 1.807) is 10.9 Å². The third kappa shape index (κ3) is 3.65. The molecule has 22 heavy (non-hydrogen) atoms. The molecule has 2 rings (SSSR count). The van der Waals surface area contributed by atoms with Crippen LogP contribution >= 0.6 is 0 Å². The summed E-state index contributed by atoms with van der Waals surface area (Å²) in [5.74, 6) is -0.304. The number of nitrogens with two attached hydrogens (primary N) is 1. The van der Waals surface area contributed by atoms with Crippen LogP contribution in [-0.2, 0) is 16.6 Å². The molecule has 0 saturated carbocycles. The smallest absolute Gasteiger partial charge is 0.242 e. The summed E-state index contributed by atoms with van der Waals surface area (Å²) < 4.78 is 1.74. The highest BCUT2D eigenvalue weighted by Crippen LogP contribution is 2.31. The monoisotopic (exact) mass is 307 g/mol. The Kier molecular flexibility index (Phi) is 5.18. The van der Waals surface area contributed by atoms with Crippen LogP contribution in [0, 0.1) is 5.92 Å². The van der Waals surface area contributed by atoms with E-state index < -0.39 is 6.04 Å². The number of hydrogen-bond donors (Lipinski definition) is 2. The van der Waals surface area contributed by atoms with Gasteiger partial charge in [-0.2, -0.15) is 5.10 Å². The average molecular weight is 307 g/mol. The first-order valence-corrected chi connectivity index (χ1v) is 7.71. The predicted octanol–water partition coefficient (Wildman–Crippen LogP) is 0.183. The summed E-state index contributed by atoms with van der Waals surface area (Å²) in [5, 5.41) is 6.81. The number of carbonyl (C=O) groups excluding carboxylic acids is 2. The molecule has 1 aliphatic heterocycles. The molecule has 1 unspecified atom stereocenters. The molecule has 1 saturated heterocycles. The standard InChI is InChI=1S/C15H25N5O2/c1-10(2)14(16)15(22)17-8-13(21)20-6-4-5-12(20)11-7-18-19(3)9-11/h7,9-10,12,14H,4-6,8,16H2,1-3H3,(H,17,22)/t12?,14-/m0/s1. The number of nitrogens with one attached hydrogen (secondary N) is 1. The number of rotatable bonds is 5. The van der Waals surface area contributed by atoms with E-state index in [2.05, 4.69) is 10.4 Å². The molecule has 122 valence electrons. The maximum atomic E-state index is 12.4. The summed E-state index contributed by atoms with van der Waals surface area (Å²) in [5.41, 5.74) is 6.81. The van der Waals surface area contributed by atoms with E-state index in [1.165, 1.54) is 0 Å². The highest BCUT2D eigenvalue weighted by atomic mass is 16.2. The molecule has 1 aromatic rings. The number of amides is 2. The van der Waals surface area contributed by atoms with Crippen LogP contribution in [0.3, 0.4) is 0 Å². The minimum atomic E-state index is -0.583. The summed E-state index contributed by atoms with van der Waals surface area (Å²) in [7, 11) is 1.86. The minimum absolute atomic E-state index is 0.00395. The predicted molar refractivity (Wildman–Crippen MR) is 82.7 cm³/mol. The van der Waals surface area contributed by atoms with E-state index in [-0.39, 0.29) is 30.3 Å². The van der Waals surface area contributed by atoms with E-state index >= 15 is 0 Å². The zero-order valence-corrected chi connectivity index (χ0v) is 13.5. The van der Waals surface area contributed by atoms with Gasteiger partial charge >= 0.3 is 0 Å². The lowest BCUT2D eigenvalue weighted by atomic mass is 10.1. The summed E-state index contributed by atoms with van der Waals surface area (Å²) in [6.45, 7) is 4.47. The molecule has 2 atom stereocenters. The van der Waals surface area contributed by atoms with Gasteiger partial charge in [0.2, 0.25) is 11.8 Å². The summed E-state index contributed by atoms with van der Waals surface area (Å²) in [6.07, 6.45) is 5.62. The van der Waals surface area contributed by atoms with Crippen molar-refractivity contribution in [2.24, 2.45) is 18.7 Å². The largest absolute Gasteiger partial charge is 0.346 e. The molecule has 0 aromatic carbocycles. The maximum absolute atomic E-state index is 12.4. The van der Waals surface area contributed by atoms with Crippen LogP contribution in [0.2, 0.25) is 0 Å². The zero-order chi connectivity index (χ0) is 16.3.